The largest absolute Gasteiger partial charge is 0.491 e. The van der Waals surface area contributed by atoms with Gasteiger partial charge in [0.2, 0.25) is 0 Å². The van der Waals surface area contributed by atoms with Gasteiger partial charge in [-0.15, -0.1) is 0 Å². The maximum atomic E-state index is 12.5. The predicted molar refractivity (Wildman–Crippen MR) is 90.8 cm³/mol. The summed E-state index contributed by atoms with van der Waals surface area (Å²) in [6.07, 6.45) is 1.76. The topological polar surface area (TPSA) is 64.4 Å². The zero-order chi connectivity index (χ0) is 16.9. The molecule has 0 spiro atoms. The monoisotopic (exact) mass is 325 g/mol. The Hall–Kier alpha value is -2.89. The highest BCUT2D eigenvalue weighted by Crippen LogP contribution is 2.24. The Balaban J connectivity index is 1.84. The van der Waals surface area contributed by atoms with Gasteiger partial charge in [0.1, 0.15) is 19.0 Å². The molecule has 2 aromatic heterocycles. The molecule has 0 aliphatic carbocycles. The van der Waals surface area contributed by atoms with Crippen molar-refractivity contribution in [2.75, 3.05) is 13.3 Å². The van der Waals surface area contributed by atoms with Gasteiger partial charge < -0.3 is 4.74 Å². The van der Waals surface area contributed by atoms with E-state index in [2.05, 4.69) is 15.1 Å². The molecule has 0 aliphatic heterocycles. The number of halogens is 1. The summed E-state index contributed by atoms with van der Waals surface area (Å²) in [6.45, 7) is 1.04. The van der Waals surface area contributed by atoms with Crippen molar-refractivity contribution in [1.29, 1.82) is 0 Å². The van der Waals surface area contributed by atoms with Crippen LogP contribution in [0.5, 0.6) is 5.75 Å². The Morgan fingerprint density at radius 1 is 1.21 bits per heavy atom. The number of hydrogen-bond acceptors (Lipinski definition) is 5. The number of nitrogens with zero attached hydrogens (tertiary/aromatic N) is 3. The maximum absolute atomic E-state index is 12.5. The molecular formula is C18H16FN3O2. The molecule has 0 amide bonds. The number of aromatic nitrogens is 2. The van der Waals surface area contributed by atoms with Gasteiger partial charge in [-0.1, -0.05) is 11.2 Å². The molecule has 0 aliphatic rings. The first-order valence-electron chi connectivity index (χ1n) is 7.54. The molecule has 2 heterocycles. The van der Waals surface area contributed by atoms with Crippen molar-refractivity contribution in [3.05, 3.63) is 59.3 Å². The first-order chi connectivity index (χ1) is 11.7. The first kappa shape index (κ1) is 16.0. The van der Waals surface area contributed by atoms with Crippen molar-refractivity contribution in [3.63, 3.8) is 0 Å². The third-order valence-corrected chi connectivity index (χ3v) is 3.62. The van der Waals surface area contributed by atoms with E-state index >= 15 is 0 Å². The van der Waals surface area contributed by atoms with Gasteiger partial charge in [-0.3, -0.25) is 4.98 Å². The minimum absolute atomic E-state index is 0.0761. The van der Waals surface area contributed by atoms with Gasteiger partial charge in [-0.25, -0.2) is 9.37 Å². The van der Waals surface area contributed by atoms with E-state index in [1.54, 1.807) is 12.3 Å². The molecule has 3 aromatic rings. The molecule has 0 radical (unpaired) electrons. The van der Waals surface area contributed by atoms with Gasteiger partial charge in [0.15, 0.2) is 6.04 Å². The van der Waals surface area contributed by atoms with Gasteiger partial charge in [0.05, 0.1) is 11.2 Å². The van der Waals surface area contributed by atoms with Crippen molar-refractivity contribution in [2.24, 2.45) is 5.18 Å². The van der Waals surface area contributed by atoms with Crippen LogP contribution in [0.15, 0.2) is 53.8 Å². The van der Waals surface area contributed by atoms with E-state index in [0.717, 1.165) is 27.9 Å². The van der Waals surface area contributed by atoms with Crippen LogP contribution in [0, 0.1) is 11.8 Å². The van der Waals surface area contributed by atoms with Gasteiger partial charge in [-0.2, -0.15) is 4.91 Å². The van der Waals surface area contributed by atoms with E-state index in [1.807, 2.05) is 43.3 Å². The molecule has 0 saturated carbocycles. The van der Waals surface area contributed by atoms with Crippen molar-refractivity contribution in [3.8, 4) is 17.0 Å². The SMILES string of the molecule is Cc1cc(-c2ccc3cc(OCC(CF)N=O)ccc3n2)ccn1. The van der Waals surface area contributed by atoms with E-state index in [-0.39, 0.29) is 6.61 Å². The lowest BCUT2D eigenvalue weighted by atomic mass is 10.1. The van der Waals surface area contributed by atoms with E-state index < -0.39 is 12.7 Å². The molecule has 5 nitrogen and oxygen atoms in total. The lowest BCUT2D eigenvalue weighted by Crippen LogP contribution is -2.17. The normalized spacial score (nSPS) is 12.1. The van der Waals surface area contributed by atoms with E-state index in [9.17, 15) is 9.30 Å². The molecule has 0 N–H and O–H groups in total. The summed E-state index contributed by atoms with van der Waals surface area (Å²) in [4.78, 5) is 19.2. The van der Waals surface area contributed by atoms with Crippen LogP contribution in [0.25, 0.3) is 22.2 Å². The van der Waals surface area contributed by atoms with Crippen LogP contribution in [0.2, 0.25) is 0 Å². The van der Waals surface area contributed by atoms with Gasteiger partial charge in [-0.05, 0) is 43.3 Å². The number of pyridine rings is 2. The number of nitroso groups, excluding NO2 is 1. The Labute approximate surface area is 138 Å². The van der Waals surface area contributed by atoms with Gasteiger partial charge in [0, 0.05) is 22.8 Å². The van der Waals surface area contributed by atoms with Crippen molar-refractivity contribution in [1.82, 2.24) is 9.97 Å². The number of rotatable bonds is 6. The van der Waals surface area contributed by atoms with E-state index in [1.165, 1.54) is 0 Å². The van der Waals surface area contributed by atoms with Crippen LogP contribution in [-0.2, 0) is 0 Å². The van der Waals surface area contributed by atoms with Crippen LogP contribution in [0.1, 0.15) is 5.69 Å². The molecule has 3 rings (SSSR count). The second-order valence-electron chi connectivity index (χ2n) is 5.46. The second-order valence-corrected chi connectivity index (χ2v) is 5.46. The summed E-state index contributed by atoms with van der Waals surface area (Å²) in [6, 6.07) is 12.2. The third kappa shape index (κ3) is 3.53. The van der Waals surface area contributed by atoms with Crippen molar-refractivity contribution in [2.45, 2.75) is 13.0 Å². The molecule has 1 atom stereocenters. The minimum Gasteiger partial charge on any atom is -0.491 e. The fraction of sp³-hybridized carbons (Fsp3) is 0.222. The number of alkyl halides is 1. The lowest BCUT2D eigenvalue weighted by molar-refractivity contribution is 0.262. The van der Waals surface area contributed by atoms with Crippen molar-refractivity contribution < 1.29 is 9.13 Å². The quantitative estimate of drug-likeness (QED) is 0.640. The average molecular weight is 325 g/mol. The van der Waals surface area contributed by atoms with Crippen LogP contribution >= 0.6 is 0 Å². The van der Waals surface area contributed by atoms with Gasteiger partial charge in [0.25, 0.3) is 0 Å². The van der Waals surface area contributed by atoms with Crippen molar-refractivity contribution >= 4 is 10.9 Å². The standard InChI is InChI=1S/C18H16FN3O2/c1-12-8-14(6-7-20-12)17-4-2-13-9-16(3-5-18(13)21-17)24-11-15(10-19)22-23/h2-9,15H,10-11H2,1H3. The summed E-state index contributed by atoms with van der Waals surface area (Å²) in [5.41, 5.74) is 3.63. The summed E-state index contributed by atoms with van der Waals surface area (Å²) in [5, 5.41) is 3.57. The zero-order valence-electron chi connectivity index (χ0n) is 13.1. The molecule has 24 heavy (non-hydrogen) atoms. The summed E-state index contributed by atoms with van der Waals surface area (Å²) < 4.78 is 17.9. The first-order valence-corrected chi connectivity index (χ1v) is 7.54. The molecule has 0 bridgehead atoms. The minimum atomic E-state index is -0.976. The Kier molecular flexibility index (Phi) is 4.74. The third-order valence-electron chi connectivity index (χ3n) is 3.62. The molecule has 122 valence electrons. The summed E-state index contributed by atoms with van der Waals surface area (Å²) >= 11 is 0. The Morgan fingerprint density at radius 3 is 2.83 bits per heavy atom. The molecule has 0 saturated heterocycles. The van der Waals surface area contributed by atoms with Crippen LogP contribution in [-0.4, -0.2) is 29.3 Å². The number of benzene rings is 1. The zero-order valence-corrected chi connectivity index (χ0v) is 13.1. The molecule has 1 aromatic carbocycles. The van der Waals surface area contributed by atoms with E-state index in [4.69, 9.17) is 4.74 Å². The molecule has 1 unspecified atom stereocenters. The predicted octanol–water partition coefficient (Wildman–Crippen LogP) is 4.09. The Bertz CT molecular complexity index is 870. The molecular weight excluding hydrogens is 309 g/mol. The van der Waals surface area contributed by atoms with Gasteiger partial charge >= 0.3 is 0 Å². The van der Waals surface area contributed by atoms with Crippen LogP contribution in [0.4, 0.5) is 4.39 Å². The summed E-state index contributed by atoms with van der Waals surface area (Å²) in [5.74, 6) is 0.555. The fourth-order valence-electron chi connectivity index (χ4n) is 2.35. The number of fused-ring (bicyclic) bond motifs is 1. The maximum Gasteiger partial charge on any atom is 0.154 e. The number of aryl methyl sites for hydroxylation is 1. The summed E-state index contributed by atoms with van der Waals surface area (Å²) in [7, 11) is 0. The molecule has 0 fully saturated rings. The number of hydrogen-bond donors (Lipinski definition) is 0. The molecule has 6 heteroatoms. The highest BCUT2D eigenvalue weighted by Gasteiger charge is 2.09. The second kappa shape index (κ2) is 7.12. The highest BCUT2D eigenvalue weighted by atomic mass is 19.1. The van der Waals surface area contributed by atoms with E-state index in [0.29, 0.717) is 5.75 Å². The average Bonchev–Trinajstić information content (AvgIpc) is 2.62. The number of ether oxygens (including phenoxy) is 1. The van der Waals surface area contributed by atoms with Crippen LogP contribution in [0.3, 0.4) is 0 Å². The fourth-order valence-corrected chi connectivity index (χ4v) is 2.35. The van der Waals surface area contributed by atoms with Crippen LogP contribution < -0.4 is 4.74 Å². The lowest BCUT2D eigenvalue weighted by Gasteiger charge is -2.09. The highest BCUT2D eigenvalue weighted by molar-refractivity contribution is 5.82. The Morgan fingerprint density at radius 2 is 2.08 bits per heavy atom. The smallest absolute Gasteiger partial charge is 0.154 e.